The van der Waals surface area contributed by atoms with Crippen molar-refractivity contribution in [3.8, 4) is 0 Å². The van der Waals surface area contributed by atoms with Gasteiger partial charge in [0.25, 0.3) is 0 Å². The fraction of sp³-hybridized carbons (Fsp3) is 0.700. The number of carbonyl (C=O) groups excluding carboxylic acids is 3. The second kappa shape index (κ2) is 7.10. The van der Waals surface area contributed by atoms with Gasteiger partial charge in [0.05, 0.1) is 6.54 Å². The molecular formula is C10H18N4O3S. The first-order valence-electron chi connectivity index (χ1n) is 5.65. The third kappa shape index (κ3) is 4.44. The highest BCUT2D eigenvalue weighted by Gasteiger charge is 2.28. The highest BCUT2D eigenvalue weighted by molar-refractivity contribution is 7.98. The number of nitrogens with one attached hydrogen (secondary N) is 2. The molecule has 18 heavy (non-hydrogen) atoms. The van der Waals surface area contributed by atoms with E-state index in [9.17, 15) is 14.4 Å². The summed E-state index contributed by atoms with van der Waals surface area (Å²) in [5.74, 6) is 0.298. The Morgan fingerprint density at radius 1 is 1.61 bits per heavy atom. The van der Waals surface area contributed by atoms with Crippen molar-refractivity contribution in [2.45, 2.75) is 12.5 Å². The summed E-state index contributed by atoms with van der Waals surface area (Å²) in [6.45, 7) is 0.937. The van der Waals surface area contributed by atoms with Gasteiger partial charge < -0.3 is 21.3 Å². The maximum Gasteiger partial charge on any atom is 0.312 e. The van der Waals surface area contributed by atoms with Crippen LogP contribution in [0.4, 0.5) is 4.79 Å². The van der Waals surface area contributed by atoms with Gasteiger partial charge in [-0.3, -0.25) is 9.59 Å². The summed E-state index contributed by atoms with van der Waals surface area (Å²) < 4.78 is 0. The van der Waals surface area contributed by atoms with Crippen molar-refractivity contribution in [1.82, 2.24) is 15.5 Å². The highest BCUT2D eigenvalue weighted by Crippen LogP contribution is 2.06. The van der Waals surface area contributed by atoms with Gasteiger partial charge in [-0.2, -0.15) is 11.8 Å². The minimum Gasteiger partial charge on any atom is -0.353 e. The topological polar surface area (TPSA) is 105 Å². The van der Waals surface area contributed by atoms with Crippen molar-refractivity contribution in [2.75, 3.05) is 31.6 Å². The van der Waals surface area contributed by atoms with E-state index in [2.05, 4.69) is 10.6 Å². The summed E-state index contributed by atoms with van der Waals surface area (Å²) in [4.78, 5) is 35.7. The van der Waals surface area contributed by atoms with Gasteiger partial charge in [0.2, 0.25) is 11.8 Å². The number of primary amides is 1. The van der Waals surface area contributed by atoms with Crippen LogP contribution >= 0.6 is 11.8 Å². The summed E-state index contributed by atoms with van der Waals surface area (Å²) in [5.41, 5.74) is 5.05. The minimum absolute atomic E-state index is 0.0367. The normalized spacial score (nSPS) is 16.9. The zero-order valence-electron chi connectivity index (χ0n) is 10.3. The molecule has 1 saturated heterocycles. The van der Waals surface area contributed by atoms with Crippen LogP contribution in [0.3, 0.4) is 0 Å². The molecule has 0 radical (unpaired) electrons. The molecule has 4 N–H and O–H groups in total. The molecule has 1 atom stereocenters. The van der Waals surface area contributed by atoms with Gasteiger partial charge in [0, 0.05) is 13.1 Å². The number of carbonyl (C=O) groups is 3. The number of hydrogen-bond acceptors (Lipinski definition) is 4. The lowest BCUT2D eigenvalue weighted by Gasteiger charge is -2.30. The molecule has 1 aliphatic heterocycles. The van der Waals surface area contributed by atoms with E-state index in [1.54, 1.807) is 11.8 Å². The van der Waals surface area contributed by atoms with Gasteiger partial charge in [-0.05, 0) is 18.4 Å². The van der Waals surface area contributed by atoms with Gasteiger partial charge in [-0.25, -0.2) is 4.79 Å². The van der Waals surface area contributed by atoms with E-state index in [0.29, 0.717) is 19.5 Å². The van der Waals surface area contributed by atoms with E-state index in [1.165, 1.54) is 4.90 Å². The fourth-order valence-corrected chi connectivity index (χ4v) is 2.18. The van der Waals surface area contributed by atoms with E-state index in [4.69, 9.17) is 5.73 Å². The summed E-state index contributed by atoms with van der Waals surface area (Å²) in [6.07, 6.45) is 2.42. The molecule has 102 valence electrons. The molecular weight excluding hydrogens is 256 g/mol. The minimum atomic E-state index is -0.726. The van der Waals surface area contributed by atoms with Crippen LogP contribution in [-0.2, 0) is 9.59 Å². The molecule has 1 unspecified atom stereocenters. The summed E-state index contributed by atoms with van der Waals surface area (Å²) in [7, 11) is 0. The van der Waals surface area contributed by atoms with Crippen LogP contribution in [0.5, 0.6) is 0 Å². The van der Waals surface area contributed by atoms with Crippen molar-refractivity contribution >= 4 is 29.6 Å². The molecule has 0 bridgehead atoms. The third-order valence-electron chi connectivity index (χ3n) is 2.58. The highest BCUT2D eigenvalue weighted by atomic mass is 32.2. The number of nitrogens with zero attached hydrogens (tertiary/aromatic N) is 1. The van der Waals surface area contributed by atoms with Gasteiger partial charge in [-0.1, -0.05) is 0 Å². The Kier molecular flexibility index (Phi) is 5.76. The average molecular weight is 274 g/mol. The van der Waals surface area contributed by atoms with Crippen molar-refractivity contribution < 1.29 is 14.4 Å². The van der Waals surface area contributed by atoms with Crippen LogP contribution in [0, 0.1) is 0 Å². The second-order valence-corrected chi connectivity index (χ2v) is 4.94. The van der Waals surface area contributed by atoms with Crippen molar-refractivity contribution in [3.63, 3.8) is 0 Å². The maximum atomic E-state index is 12.2. The number of piperazine rings is 1. The third-order valence-corrected chi connectivity index (χ3v) is 3.22. The predicted octanol–water partition coefficient (Wildman–Crippen LogP) is -1.27. The van der Waals surface area contributed by atoms with E-state index >= 15 is 0 Å². The van der Waals surface area contributed by atoms with Crippen LogP contribution in [-0.4, -0.2) is 60.4 Å². The zero-order valence-corrected chi connectivity index (χ0v) is 11.1. The van der Waals surface area contributed by atoms with E-state index in [1.807, 2.05) is 6.26 Å². The molecule has 0 aliphatic carbocycles. The van der Waals surface area contributed by atoms with Gasteiger partial charge in [0.15, 0.2) is 0 Å². The first-order valence-corrected chi connectivity index (χ1v) is 7.04. The van der Waals surface area contributed by atoms with Crippen LogP contribution in [0.2, 0.25) is 0 Å². The van der Waals surface area contributed by atoms with Crippen LogP contribution in [0.15, 0.2) is 0 Å². The van der Waals surface area contributed by atoms with E-state index < -0.39 is 12.1 Å². The smallest absolute Gasteiger partial charge is 0.312 e. The quantitative estimate of drug-likeness (QED) is 0.581. The standard InChI is InChI=1S/C10H18N4O3S/c1-18-5-2-7(13-10(11)17)9(16)14-4-3-12-8(15)6-14/h7H,2-6H2,1H3,(H,12,15)(H3,11,13,17). The Morgan fingerprint density at radius 3 is 2.89 bits per heavy atom. The first kappa shape index (κ1) is 14.6. The molecule has 1 fully saturated rings. The largest absolute Gasteiger partial charge is 0.353 e. The number of nitrogens with two attached hydrogens (primary N) is 1. The van der Waals surface area contributed by atoms with Gasteiger partial charge in [-0.15, -0.1) is 0 Å². The molecule has 1 aliphatic rings. The second-order valence-electron chi connectivity index (χ2n) is 3.95. The van der Waals surface area contributed by atoms with Crippen LogP contribution in [0.1, 0.15) is 6.42 Å². The molecule has 0 aromatic rings. The maximum absolute atomic E-state index is 12.2. The van der Waals surface area contributed by atoms with Crippen LogP contribution < -0.4 is 16.4 Å². The molecule has 8 heteroatoms. The van der Waals surface area contributed by atoms with Crippen molar-refractivity contribution in [3.05, 3.63) is 0 Å². The lowest BCUT2D eigenvalue weighted by Crippen LogP contribution is -2.56. The molecule has 0 aromatic carbocycles. The molecule has 0 spiro atoms. The molecule has 0 saturated carbocycles. The Hall–Kier alpha value is -1.44. The SMILES string of the molecule is CSCCC(NC(N)=O)C(=O)N1CCNC(=O)C1. The Morgan fingerprint density at radius 2 is 2.33 bits per heavy atom. The van der Waals surface area contributed by atoms with Crippen molar-refractivity contribution in [2.24, 2.45) is 5.73 Å². The van der Waals surface area contributed by atoms with Gasteiger partial charge in [0.1, 0.15) is 6.04 Å². The molecule has 1 rings (SSSR count). The molecule has 4 amide bonds. The van der Waals surface area contributed by atoms with Crippen LogP contribution in [0.25, 0.3) is 0 Å². The summed E-state index contributed by atoms with van der Waals surface area (Å²) in [5, 5.41) is 5.07. The summed E-state index contributed by atoms with van der Waals surface area (Å²) >= 11 is 1.58. The lowest BCUT2D eigenvalue weighted by atomic mass is 10.2. The molecule has 0 aromatic heterocycles. The number of amides is 4. The number of rotatable bonds is 5. The average Bonchev–Trinajstić information content (AvgIpc) is 2.33. The monoisotopic (exact) mass is 274 g/mol. The molecule has 7 nitrogen and oxygen atoms in total. The summed E-state index contributed by atoms with van der Waals surface area (Å²) in [6, 6.07) is -1.38. The number of urea groups is 1. The number of thioether (sulfide) groups is 1. The Bertz CT molecular complexity index is 337. The predicted molar refractivity (Wildman–Crippen MR) is 69.1 cm³/mol. The van der Waals surface area contributed by atoms with E-state index in [0.717, 1.165) is 5.75 Å². The molecule has 1 heterocycles. The fourth-order valence-electron chi connectivity index (χ4n) is 1.71. The van der Waals surface area contributed by atoms with Crippen molar-refractivity contribution in [1.29, 1.82) is 0 Å². The Balaban J connectivity index is 2.61. The Labute approximate surface area is 110 Å². The van der Waals surface area contributed by atoms with E-state index in [-0.39, 0.29) is 18.4 Å². The lowest BCUT2D eigenvalue weighted by molar-refractivity contribution is -0.139. The van der Waals surface area contributed by atoms with Gasteiger partial charge >= 0.3 is 6.03 Å². The zero-order chi connectivity index (χ0) is 13.5. The first-order chi connectivity index (χ1) is 8.54. The number of hydrogen-bond donors (Lipinski definition) is 3.